The Morgan fingerprint density at radius 1 is 0.964 bits per heavy atom. The van der Waals surface area contributed by atoms with E-state index in [1.807, 2.05) is 30.1 Å². The van der Waals surface area contributed by atoms with Crippen molar-refractivity contribution in [3.63, 3.8) is 0 Å². The lowest BCUT2D eigenvalue weighted by atomic mass is 9.92. The molecular formula is C23H33N3O2. The van der Waals surface area contributed by atoms with Crippen LogP contribution in [-0.2, 0) is 16.1 Å². The number of hydrogen-bond donors (Lipinski definition) is 0. The molecule has 2 amide bonds. The second-order valence-electron chi connectivity index (χ2n) is 8.84. The lowest BCUT2D eigenvalue weighted by molar-refractivity contribution is -0.137. The van der Waals surface area contributed by atoms with Crippen molar-refractivity contribution >= 4 is 11.8 Å². The van der Waals surface area contributed by atoms with E-state index in [1.54, 1.807) is 0 Å². The molecule has 1 saturated carbocycles. The van der Waals surface area contributed by atoms with Gasteiger partial charge in [0.05, 0.1) is 5.92 Å². The first-order valence-electron chi connectivity index (χ1n) is 10.9. The fraction of sp³-hybridized carbons (Fsp3) is 0.652. The highest BCUT2D eigenvalue weighted by Crippen LogP contribution is 2.32. The molecule has 0 radical (unpaired) electrons. The van der Waals surface area contributed by atoms with Gasteiger partial charge in [-0.3, -0.25) is 14.5 Å². The van der Waals surface area contributed by atoms with Crippen molar-refractivity contribution in [1.29, 1.82) is 0 Å². The van der Waals surface area contributed by atoms with E-state index in [4.69, 9.17) is 0 Å². The first kappa shape index (κ1) is 19.4. The molecule has 5 nitrogen and oxygen atoms in total. The van der Waals surface area contributed by atoms with Crippen molar-refractivity contribution < 1.29 is 9.59 Å². The highest BCUT2D eigenvalue weighted by atomic mass is 16.2. The van der Waals surface area contributed by atoms with Crippen molar-refractivity contribution in [3.8, 4) is 0 Å². The van der Waals surface area contributed by atoms with Gasteiger partial charge in [-0.25, -0.2) is 0 Å². The number of benzene rings is 1. The third kappa shape index (κ3) is 4.57. The number of carbonyl (C=O) groups is 2. The van der Waals surface area contributed by atoms with Crippen LogP contribution in [0.3, 0.4) is 0 Å². The minimum Gasteiger partial charge on any atom is -0.342 e. The Hall–Kier alpha value is -1.88. The van der Waals surface area contributed by atoms with E-state index >= 15 is 0 Å². The molecule has 4 rings (SSSR count). The molecule has 2 heterocycles. The molecule has 5 heteroatoms. The Balaban J connectivity index is 1.28. The zero-order valence-electron chi connectivity index (χ0n) is 17.1. The van der Waals surface area contributed by atoms with Crippen LogP contribution >= 0.6 is 0 Å². The van der Waals surface area contributed by atoms with Crippen molar-refractivity contribution in [3.05, 3.63) is 35.9 Å². The number of hydrogen-bond acceptors (Lipinski definition) is 3. The van der Waals surface area contributed by atoms with Crippen LogP contribution < -0.4 is 0 Å². The van der Waals surface area contributed by atoms with Gasteiger partial charge in [0.1, 0.15) is 0 Å². The fourth-order valence-electron chi connectivity index (χ4n) is 4.83. The van der Waals surface area contributed by atoms with Crippen molar-refractivity contribution in [1.82, 2.24) is 14.7 Å². The standard InChI is InChI=1S/C23H33N3O2/c1-24(16-18-6-3-2-4-7-18)22(27)20-8-5-13-26(17-20)21-11-14-25(15-12-21)23(28)19-9-10-19/h2-4,6-7,19-21H,5,8-17H2,1H3/t20-/m0/s1. The van der Waals surface area contributed by atoms with Gasteiger partial charge in [0.15, 0.2) is 0 Å². The van der Waals surface area contributed by atoms with Gasteiger partial charge in [0, 0.05) is 45.2 Å². The van der Waals surface area contributed by atoms with E-state index < -0.39 is 0 Å². The second-order valence-corrected chi connectivity index (χ2v) is 8.84. The van der Waals surface area contributed by atoms with E-state index in [0.717, 1.165) is 64.7 Å². The third-order valence-corrected chi connectivity index (χ3v) is 6.66. The third-order valence-electron chi connectivity index (χ3n) is 6.66. The van der Waals surface area contributed by atoms with Gasteiger partial charge < -0.3 is 9.80 Å². The summed E-state index contributed by atoms with van der Waals surface area (Å²) in [6.07, 6.45) is 6.37. The van der Waals surface area contributed by atoms with Gasteiger partial charge in [-0.2, -0.15) is 0 Å². The Labute approximate surface area is 168 Å². The monoisotopic (exact) mass is 383 g/mol. The molecular weight excluding hydrogens is 350 g/mol. The molecule has 3 fully saturated rings. The summed E-state index contributed by atoms with van der Waals surface area (Å²) in [4.78, 5) is 31.8. The van der Waals surface area contributed by atoms with E-state index in [9.17, 15) is 9.59 Å². The Kier molecular flexibility index (Phi) is 6.00. The fourth-order valence-corrected chi connectivity index (χ4v) is 4.83. The van der Waals surface area contributed by atoms with Crippen LogP contribution in [0.25, 0.3) is 0 Å². The first-order chi connectivity index (χ1) is 13.6. The van der Waals surface area contributed by atoms with Crippen LogP contribution in [0, 0.1) is 11.8 Å². The van der Waals surface area contributed by atoms with Crippen molar-refractivity contribution in [2.24, 2.45) is 11.8 Å². The molecule has 0 bridgehead atoms. The van der Waals surface area contributed by atoms with Crippen LogP contribution in [-0.4, -0.2) is 65.8 Å². The lowest BCUT2D eigenvalue weighted by Gasteiger charge is -2.42. The van der Waals surface area contributed by atoms with Crippen LogP contribution in [0.4, 0.5) is 0 Å². The zero-order chi connectivity index (χ0) is 19.5. The van der Waals surface area contributed by atoms with E-state index in [0.29, 0.717) is 24.4 Å². The van der Waals surface area contributed by atoms with Crippen molar-refractivity contribution in [2.75, 3.05) is 33.2 Å². The molecule has 1 aromatic carbocycles. The number of nitrogens with zero attached hydrogens (tertiary/aromatic N) is 3. The van der Waals surface area contributed by atoms with E-state index in [2.05, 4.69) is 21.9 Å². The predicted molar refractivity (Wildman–Crippen MR) is 110 cm³/mol. The average Bonchev–Trinajstić information content (AvgIpc) is 3.59. The maximum Gasteiger partial charge on any atom is 0.227 e. The summed E-state index contributed by atoms with van der Waals surface area (Å²) in [6.45, 7) is 4.43. The summed E-state index contributed by atoms with van der Waals surface area (Å²) >= 11 is 0. The molecule has 1 aromatic rings. The molecule has 0 unspecified atom stereocenters. The number of piperidine rings is 2. The van der Waals surface area contributed by atoms with Crippen LogP contribution in [0.5, 0.6) is 0 Å². The van der Waals surface area contributed by atoms with Gasteiger partial charge in [0.25, 0.3) is 0 Å². The number of carbonyl (C=O) groups excluding carboxylic acids is 2. The van der Waals surface area contributed by atoms with Gasteiger partial charge in [-0.05, 0) is 50.6 Å². The topological polar surface area (TPSA) is 43.9 Å². The van der Waals surface area contributed by atoms with Gasteiger partial charge >= 0.3 is 0 Å². The Morgan fingerprint density at radius 3 is 2.36 bits per heavy atom. The summed E-state index contributed by atoms with van der Waals surface area (Å²) in [7, 11) is 1.93. The van der Waals surface area contributed by atoms with Gasteiger partial charge in [-0.1, -0.05) is 30.3 Å². The molecule has 0 spiro atoms. The summed E-state index contributed by atoms with van der Waals surface area (Å²) in [5.41, 5.74) is 1.18. The van der Waals surface area contributed by atoms with Gasteiger partial charge in [-0.15, -0.1) is 0 Å². The highest BCUT2D eigenvalue weighted by Gasteiger charge is 2.37. The average molecular weight is 384 g/mol. The summed E-state index contributed by atoms with van der Waals surface area (Å²) in [5, 5.41) is 0. The molecule has 1 atom stereocenters. The first-order valence-corrected chi connectivity index (χ1v) is 10.9. The van der Waals surface area contributed by atoms with Crippen LogP contribution in [0.15, 0.2) is 30.3 Å². The highest BCUT2D eigenvalue weighted by molar-refractivity contribution is 5.81. The number of rotatable bonds is 5. The maximum atomic E-state index is 13.0. The zero-order valence-corrected chi connectivity index (χ0v) is 17.1. The number of amides is 2. The van der Waals surface area contributed by atoms with Crippen molar-refractivity contribution in [2.45, 2.75) is 51.1 Å². The Morgan fingerprint density at radius 2 is 1.68 bits per heavy atom. The lowest BCUT2D eigenvalue weighted by Crippen LogP contribution is -2.51. The van der Waals surface area contributed by atoms with E-state index in [-0.39, 0.29) is 11.8 Å². The minimum atomic E-state index is 0.105. The summed E-state index contributed by atoms with van der Waals surface area (Å²) < 4.78 is 0. The van der Waals surface area contributed by atoms with E-state index in [1.165, 1.54) is 5.56 Å². The molecule has 3 aliphatic rings. The molecule has 1 aliphatic carbocycles. The molecule has 0 N–H and O–H groups in total. The van der Waals surface area contributed by atoms with Gasteiger partial charge in [0.2, 0.25) is 11.8 Å². The largest absolute Gasteiger partial charge is 0.342 e. The SMILES string of the molecule is CN(Cc1ccccc1)C(=O)[C@H]1CCCN(C2CCN(C(=O)C3CC3)CC2)C1. The molecule has 2 aliphatic heterocycles. The smallest absolute Gasteiger partial charge is 0.227 e. The molecule has 0 aromatic heterocycles. The molecule has 28 heavy (non-hydrogen) atoms. The molecule has 152 valence electrons. The predicted octanol–water partition coefficient (Wildman–Crippen LogP) is 2.76. The summed E-state index contributed by atoms with van der Waals surface area (Å²) in [6, 6.07) is 10.7. The van der Waals surface area contributed by atoms with Crippen LogP contribution in [0.2, 0.25) is 0 Å². The summed E-state index contributed by atoms with van der Waals surface area (Å²) in [5.74, 6) is 1.09. The second kappa shape index (κ2) is 8.64. The molecule has 2 saturated heterocycles. The minimum absolute atomic E-state index is 0.105. The van der Waals surface area contributed by atoms with Crippen LogP contribution in [0.1, 0.15) is 44.1 Å². The number of likely N-dealkylation sites (tertiary alicyclic amines) is 2. The maximum absolute atomic E-state index is 13.0. The Bertz CT molecular complexity index is 680. The normalized spacial score (nSPS) is 24.2. The quantitative estimate of drug-likeness (QED) is 0.785.